The quantitative estimate of drug-likeness (QED) is 0.801. The van der Waals surface area contributed by atoms with E-state index in [-0.39, 0.29) is 24.4 Å². The van der Waals surface area contributed by atoms with Crippen LogP contribution in [0.5, 0.6) is 0 Å². The lowest BCUT2D eigenvalue weighted by Crippen LogP contribution is -2.88. The highest BCUT2D eigenvalue weighted by Gasteiger charge is 2.31. The van der Waals surface area contributed by atoms with Gasteiger partial charge >= 0.3 is 0 Å². The van der Waals surface area contributed by atoms with E-state index in [1.54, 1.807) is 18.3 Å². The third-order valence-corrected chi connectivity index (χ3v) is 5.57. The first kappa shape index (κ1) is 19.2. The summed E-state index contributed by atoms with van der Waals surface area (Å²) in [7, 11) is 0. The Kier molecular flexibility index (Phi) is 6.35. The maximum Gasteiger partial charge on any atom is 0.276 e. The van der Waals surface area contributed by atoms with Crippen LogP contribution in [0, 0.1) is 24.2 Å². The van der Waals surface area contributed by atoms with Crippen molar-refractivity contribution in [2.75, 3.05) is 6.54 Å². The number of benzene rings is 1. The van der Waals surface area contributed by atoms with E-state index in [4.69, 9.17) is 0 Å². The Bertz CT molecular complexity index is 731. The van der Waals surface area contributed by atoms with Crippen molar-refractivity contribution in [3.63, 3.8) is 0 Å². The van der Waals surface area contributed by atoms with E-state index in [0.29, 0.717) is 0 Å². The van der Waals surface area contributed by atoms with Crippen molar-refractivity contribution < 1.29 is 10.1 Å². The molecule has 0 bridgehead atoms. The molecular weight excluding hydrogens is 330 g/mol. The van der Waals surface area contributed by atoms with Crippen molar-refractivity contribution in [3.05, 3.63) is 57.8 Å². The number of hydrogen-bond donors (Lipinski definition) is 2. The molecule has 0 spiro atoms. The van der Waals surface area contributed by atoms with Crippen LogP contribution in [0.4, 0.5) is 0 Å². The molecule has 1 aromatic heterocycles. The number of nitriles is 1. The minimum Gasteiger partial charge on any atom is -0.333 e. The fourth-order valence-corrected chi connectivity index (χ4v) is 3.38. The number of quaternary nitrogens is 1. The summed E-state index contributed by atoms with van der Waals surface area (Å²) in [4.78, 5) is 13.6. The fraction of sp³-hybridized carbons (Fsp3) is 0.400. The zero-order valence-electron chi connectivity index (χ0n) is 15.2. The van der Waals surface area contributed by atoms with Gasteiger partial charge in [-0.15, -0.1) is 11.3 Å². The Morgan fingerprint density at radius 1 is 1.32 bits per heavy atom. The number of aryl methyl sites for hydroxylation is 1. The number of hydrogen-bond acceptors (Lipinski definition) is 3. The van der Waals surface area contributed by atoms with Gasteiger partial charge in [0, 0.05) is 5.56 Å². The van der Waals surface area contributed by atoms with Crippen LogP contribution in [0.2, 0.25) is 0 Å². The molecule has 1 heterocycles. The number of thiophene rings is 1. The number of nitrogens with two attached hydrogens (primary N) is 1. The van der Waals surface area contributed by atoms with Gasteiger partial charge in [0.15, 0.2) is 6.54 Å². The van der Waals surface area contributed by atoms with Crippen molar-refractivity contribution in [3.8, 4) is 6.07 Å². The molecule has 25 heavy (non-hydrogen) atoms. The number of nitrogens with zero attached hydrogens (tertiary/aromatic N) is 1. The summed E-state index contributed by atoms with van der Waals surface area (Å²) >= 11 is 1.69. The van der Waals surface area contributed by atoms with E-state index in [1.165, 1.54) is 16.0 Å². The summed E-state index contributed by atoms with van der Waals surface area (Å²) in [6.07, 6.45) is 0. The Hall–Kier alpha value is -2.16. The summed E-state index contributed by atoms with van der Waals surface area (Å²) in [6, 6.07) is 14.8. The highest BCUT2D eigenvalue weighted by Crippen LogP contribution is 2.23. The van der Waals surface area contributed by atoms with Crippen molar-refractivity contribution >= 4 is 17.2 Å². The third kappa shape index (κ3) is 4.91. The molecule has 2 atom stereocenters. The normalized spacial score (nSPS) is 14.6. The van der Waals surface area contributed by atoms with Gasteiger partial charge in [0.05, 0.1) is 10.9 Å². The predicted molar refractivity (Wildman–Crippen MR) is 101 cm³/mol. The van der Waals surface area contributed by atoms with Crippen molar-refractivity contribution in [1.29, 1.82) is 5.26 Å². The molecule has 0 saturated carbocycles. The average Bonchev–Trinajstić information content (AvgIpc) is 3.10. The van der Waals surface area contributed by atoms with E-state index in [0.717, 1.165) is 0 Å². The van der Waals surface area contributed by atoms with E-state index < -0.39 is 5.54 Å². The summed E-state index contributed by atoms with van der Waals surface area (Å²) in [5, 5.41) is 16.3. The zero-order chi connectivity index (χ0) is 18.4. The lowest BCUT2D eigenvalue weighted by Gasteiger charge is -2.27. The molecule has 2 rings (SSSR count). The average molecular weight is 357 g/mol. The Morgan fingerprint density at radius 2 is 2.00 bits per heavy atom. The van der Waals surface area contributed by atoms with Crippen LogP contribution in [-0.4, -0.2) is 18.0 Å². The molecule has 0 unspecified atom stereocenters. The molecular formula is C20H26N3OS+. The summed E-state index contributed by atoms with van der Waals surface area (Å²) < 4.78 is 0. The molecule has 2 aromatic rings. The highest BCUT2D eigenvalue weighted by atomic mass is 32.1. The largest absolute Gasteiger partial charge is 0.333 e. The molecule has 3 N–H and O–H groups in total. The zero-order valence-corrected chi connectivity index (χ0v) is 16.1. The second-order valence-corrected chi connectivity index (χ2v) is 7.84. The first-order chi connectivity index (χ1) is 11.9. The lowest BCUT2D eigenvalue weighted by atomic mass is 9.90. The first-order valence-electron chi connectivity index (χ1n) is 8.51. The monoisotopic (exact) mass is 356 g/mol. The molecule has 1 aromatic carbocycles. The van der Waals surface area contributed by atoms with Crippen LogP contribution >= 0.6 is 11.3 Å². The van der Waals surface area contributed by atoms with Crippen molar-refractivity contribution in [2.45, 2.75) is 39.3 Å². The maximum absolute atomic E-state index is 12.4. The van der Waals surface area contributed by atoms with Gasteiger partial charge in [-0.25, -0.2) is 0 Å². The van der Waals surface area contributed by atoms with Gasteiger partial charge in [0.2, 0.25) is 0 Å². The van der Waals surface area contributed by atoms with Crippen LogP contribution < -0.4 is 10.6 Å². The molecule has 4 nitrogen and oxygen atoms in total. The number of carbonyl (C=O) groups is 1. The third-order valence-electron chi connectivity index (χ3n) is 4.61. The fourth-order valence-electron chi connectivity index (χ4n) is 2.53. The van der Waals surface area contributed by atoms with Gasteiger partial charge in [-0.3, -0.25) is 4.79 Å². The Balaban J connectivity index is 2.10. The van der Waals surface area contributed by atoms with Crippen LogP contribution in [-0.2, 0) is 4.79 Å². The molecule has 0 aliphatic carbocycles. The number of rotatable bonds is 7. The molecule has 0 saturated heterocycles. The van der Waals surface area contributed by atoms with Crippen LogP contribution in [0.1, 0.15) is 42.8 Å². The predicted octanol–water partition coefficient (Wildman–Crippen LogP) is 2.76. The van der Waals surface area contributed by atoms with E-state index in [1.807, 2.05) is 25.2 Å². The SMILES string of the molecule is Cc1ccc([C@@H]([NH2+]CC(=O)N[C@](C)(C#N)C(C)C)c2cccs2)cc1. The van der Waals surface area contributed by atoms with E-state index in [2.05, 4.69) is 54.0 Å². The molecule has 0 radical (unpaired) electrons. The second-order valence-electron chi connectivity index (χ2n) is 6.86. The van der Waals surface area contributed by atoms with Crippen molar-refractivity contribution in [2.24, 2.45) is 5.92 Å². The highest BCUT2D eigenvalue weighted by molar-refractivity contribution is 7.10. The Labute approximate surface area is 153 Å². The molecule has 0 fully saturated rings. The molecule has 0 aliphatic heterocycles. The number of amides is 1. The van der Waals surface area contributed by atoms with E-state index >= 15 is 0 Å². The van der Waals surface area contributed by atoms with Gasteiger partial charge in [-0.2, -0.15) is 5.26 Å². The van der Waals surface area contributed by atoms with Gasteiger partial charge in [0.1, 0.15) is 11.6 Å². The van der Waals surface area contributed by atoms with Crippen LogP contribution in [0.25, 0.3) is 0 Å². The van der Waals surface area contributed by atoms with Crippen molar-refractivity contribution in [1.82, 2.24) is 5.32 Å². The Morgan fingerprint density at radius 3 is 2.52 bits per heavy atom. The summed E-state index contributed by atoms with van der Waals surface area (Å²) in [5.74, 6) is -0.0712. The minimum atomic E-state index is -0.840. The van der Waals surface area contributed by atoms with Gasteiger partial charge in [-0.05, 0) is 31.2 Å². The smallest absolute Gasteiger partial charge is 0.276 e. The number of carbonyl (C=O) groups excluding carboxylic acids is 1. The molecule has 132 valence electrons. The van der Waals surface area contributed by atoms with E-state index in [9.17, 15) is 10.1 Å². The second kappa shape index (κ2) is 8.28. The van der Waals surface area contributed by atoms with Gasteiger partial charge < -0.3 is 10.6 Å². The summed E-state index contributed by atoms with van der Waals surface area (Å²) in [5.41, 5.74) is 1.55. The standard InChI is InChI=1S/C20H25N3OS/c1-14(2)20(4,13-21)23-18(24)12-22-19(17-6-5-11-25-17)16-9-7-15(3)8-10-16/h5-11,14,19,22H,12H2,1-4H3,(H,23,24)/p+1/t19-,20-/m1/s1. The molecule has 1 amide bonds. The lowest BCUT2D eigenvalue weighted by molar-refractivity contribution is -0.676. The van der Waals surface area contributed by atoms with Gasteiger partial charge in [-0.1, -0.05) is 49.7 Å². The number of nitrogens with one attached hydrogen (secondary N) is 1. The van der Waals surface area contributed by atoms with Gasteiger partial charge in [0.25, 0.3) is 5.91 Å². The molecule has 5 heteroatoms. The first-order valence-corrected chi connectivity index (χ1v) is 9.39. The van der Waals surface area contributed by atoms with Crippen LogP contribution in [0.3, 0.4) is 0 Å². The summed E-state index contributed by atoms with van der Waals surface area (Å²) in [6.45, 7) is 7.99. The minimum absolute atomic E-state index is 0.0478. The van der Waals surface area contributed by atoms with Crippen LogP contribution in [0.15, 0.2) is 41.8 Å². The molecule has 0 aliphatic rings. The topological polar surface area (TPSA) is 69.5 Å². The maximum atomic E-state index is 12.4.